The van der Waals surface area contributed by atoms with Crippen molar-refractivity contribution in [3.63, 3.8) is 0 Å². The fourth-order valence-corrected chi connectivity index (χ4v) is 11.7. The fraction of sp³-hybridized carbons (Fsp3) is 0.478. The van der Waals surface area contributed by atoms with Crippen LogP contribution in [0.25, 0.3) is 0 Å². The molecule has 0 spiro atoms. The third-order valence-corrected chi connectivity index (χ3v) is 13.3. The van der Waals surface area contributed by atoms with E-state index < -0.39 is 15.2 Å². The van der Waals surface area contributed by atoms with Crippen molar-refractivity contribution in [3.05, 3.63) is 47.5 Å². The normalized spacial score (nSPS) is 13.3. The standard InChI is InChI=1S/C23H35O2PSi/c1-22(2,3)16-12-10-14-18(20(16)24)26(27(7,8)9)19-15-11-13-17(21(19)25)23(4,5)6/h10-15,24-25H,1-9H3. The Morgan fingerprint density at radius 2 is 1.00 bits per heavy atom. The van der Waals surface area contributed by atoms with Gasteiger partial charge in [0.25, 0.3) is 0 Å². The molecule has 2 nitrogen and oxygen atoms in total. The number of hydrogen-bond donors (Lipinski definition) is 2. The third-order valence-electron chi connectivity index (χ3n) is 4.80. The predicted octanol–water partition coefficient (Wildman–Crippen LogP) is 5.96. The van der Waals surface area contributed by atoms with Gasteiger partial charge in [-0.15, -0.1) is 0 Å². The summed E-state index contributed by atoms with van der Waals surface area (Å²) in [5, 5.41) is 24.4. The summed E-state index contributed by atoms with van der Waals surface area (Å²) in [6.07, 6.45) is 0. The maximum Gasteiger partial charge on any atom is 0.126 e. The predicted molar refractivity (Wildman–Crippen MR) is 123 cm³/mol. The smallest absolute Gasteiger partial charge is 0.126 e. The zero-order valence-electron chi connectivity index (χ0n) is 18.3. The second-order valence-corrected chi connectivity index (χ2v) is 21.7. The van der Waals surface area contributed by atoms with Gasteiger partial charge in [0.1, 0.15) is 11.5 Å². The zero-order valence-corrected chi connectivity index (χ0v) is 20.2. The molecule has 0 amide bonds. The van der Waals surface area contributed by atoms with E-state index in [1.807, 2.05) is 12.1 Å². The summed E-state index contributed by atoms with van der Waals surface area (Å²) in [5.74, 6) is 0.804. The molecular weight excluding hydrogens is 367 g/mol. The average Bonchev–Trinajstić information content (AvgIpc) is 2.47. The molecule has 0 atom stereocenters. The molecular formula is C23H35O2PSi. The van der Waals surface area contributed by atoms with Crippen LogP contribution in [-0.2, 0) is 10.8 Å². The van der Waals surface area contributed by atoms with Crippen molar-refractivity contribution < 1.29 is 10.2 Å². The number of phenols is 2. The van der Waals surface area contributed by atoms with Crippen LogP contribution in [0.3, 0.4) is 0 Å². The Labute approximate surface area is 167 Å². The van der Waals surface area contributed by atoms with Crippen molar-refractivity contribution in [1.29, 1.82) is 0 Å². The molecule has 4 heteroatoms. The van der Waals surface area contributed by atoms with Crippen LogP contribution in [0.2, 0.25) is 19.6 Å². The highest BCUT2D eigenvalue weighted by Crippen LogP contribution is 2.51. The number of benzene rings is 2. The minimum atomic E-state index is -1.75. The van der Waals surface area contributed by atoms with Gasteiger partial charge in [0, 0.05) is 10.6 Å². The van der Waals surface area contributed by atoms with E-state index in [0.29, 0.717) is 11.5 Å². The molecule has 2 N–H and O–H groups in total. The summed E-state index contributed by atoms with van der Waals surface area (Å²) in [6, 6.07) is 12.2. The molecule has 0 bridgehead atoms. The van der Waals surface area contributed by atoms with Gasteiger partial charge in [-0.1, -0.05) is 105 Å². The van der Waals surface area contributed by atoms with Crippen LogP contribution >= 0.6 is 7.47 Å². The van der Waals surface area contributed by atoms with Crippen LogP contribution in [-0.4, -0.2) is 18.0 Å². The van der Waals surface area contributed by atoms with Crippen LogP contribution in [0.15, 0.2) is 36.4 Å². The summed E-state index contributed by atoms with van der Waals surface area (Å²) in [4.78, 5) is 0. The molecule has 0 aromatic heterocycles. The van der Waals surface area contributed by atoms with Crippen LogP contribution in [0.4, 0.5) is 0 Å². The number of para-hydroxylation sites is 2. The Morgan fingerprint density at radius 1 is 0.667 bits per heavy atom. The molecule has 0 radical (unpaired) electrons. The highest BCUT2D eigenvalue weighted by atomic mass is 31.4. The molecule has 0 saturated heterocycles. The molecule has 0 aliphatic heterocycles. The van der Waals surface area contributed by atoms with Crippen molar-refractivity contribution in [2.75, 3.05) is 0 Å². The Bertz CT molecular complexity index is 760. The van der Waals surface area contributed by atoms with Gasteiger partial charge < -0.3 is 10.2 Å². The first-order valence-corrected chi connectivity index (χ1v) is 15.3. The monoisotopic (exact) mass is 402 g/mol. The third kappa shape index (κ3) is 4.58. The van der Waals surface area contributed by atoms with Crippen molar-refractivity contribution in [3.8, 4) is 11.5 Å². The number of phenolic OH excluding ortho intramolecular Hbond substituents is 2. The molecule has 0 aliphatic rings. The minimum absolute atomic E-state index is 0.129. The summed E-state index contributed by atoms with van der Waals surface area (Å²) >= 11 is 0. The Hall–Kier alpha value is -1.31. The lowest BCUT2D eigenvalue weighted by Gasteiger charge is -2.34. The number of rotatable bonds is 3. The van der Waals surface area contributed by atoms with E-state index in [0.717, 1.165) is 21.7 Å². The van der Waals surface area contributed by atoms with E-state index in [9.17, 15) is 10.2 Å². The first-order chi connectivity index (χ1) is 12.2. The van der Waals surface area contributed by atoms with Crippen LogP contribution in [0.5, 0.6) is 11.5 Å². The zero-order chi connectivity index (χ0) is 20.8. The van der Waals surface area contributed by atoms with Crippen molar-refractivity contribution in [1.82, 2.24) is 0 Å². The lowest BCUT2D eigenvalue weighted by molar-refractivity contribution is 0.450. The molecule has 2 aromatic carbocycles. The molecule has 148 valence electrons. The van der Waals surface area contributed by atoms with Gasteiger partial charge in [-0.2, -0.15) is 0 Å². The van der Waals surface area contributed by atoms with Crippen LogP contribution in [0, 0.1) is 0 Å². The quantitative estimate of drug-likeness (QED) is 0.491. The topological polar surface area (TPSA) is 40.5 Å². The van der Waals surface area contributed by atoms with E-state index >= 15 is 0 Å². The fourth-order valence-electron chi connectivity index (χ4n) is 3.49. The van der Waals surface area contributed by atoms with Crippen LogP contribution in [0.1, 0.15) is 52.7 Å². The van der Waals surface area contributed by atoms with Gasteiger partial charge in [-0.3, -0.25) is 0 Å². The molecule has 0 unspecified atom stereocenters. The van der Waals surface area contributed by atoms with Gasteiger partial charge in [-0.25, -0.2) is 0 Å². The van der Waals surface area contributed by atoms with Gasteiger partial charge in [-0.05, 0) is 22.0 Å². The lowest BCUT2D eigenvalue weighted by Crippen LogP contribution is -2.32. The highest BCUT2D eigenvalue weighted by Gasteiger charge is 2.36. The molecule has 0 aliphatic carbocycles. The largest absolute Gasteiger partial charge is 0.507 e. The van der Waals surface area contributed by atoms with Crippen molar-refractivity contribution >= 4 is 25.8 Å². The molecule has 0 heterocycles. The molecule has 0 fully saturated rings. The van der Waals surface area contributed by atoms with E-state index in [4.69, 9.17) is 0 Å². The second kappa shape index (κ2) is 7.26. The summed E-state index contributed by atoms with van der Waals surface area (Å²) in [7, 11) is -2.57. The van der Waals surface area contributed by atoms with Gasteiger partial charge in [0.15, 0.2) is 0 Å². The molecule has 2 aromatic rings. The Kier molecular flexibility index (Phi) is 5.91. The van der Waals surface area contributed by atoms with Gasteiger partial charge in [0.2, 0.25) is 0 Å². The van der Waals surface area contributed by atoms with Crippen molar-refractivity contribution in [2.45, 2.75) is 72.0 Å². The lowest BCUT2D eigenvalue weighted by atomic mass is 9.86. The van der Waals surface area contributed by atoms with Crippen molar-refractivity contribution in [2.24, 2.45) is 0 Å². The molecule has 0 saturated carbocycles. The number of aromatic hydroxyl groups is 2. The first-order valence-electron chi connectivity index (χ1n) is 9.61. The summed E-state index contributed by atoms with van der Waals surface area (Å²) in [6.45, 7) is 19.7. The number of hydrogen-bond acceptors (Lipinski definition) is 2. The average molecular weight is 403 g/mol. The second-order valence-electron chi connectivity index (χ2n) is 10.4. The Balaban J connectivity index is 2.79. The van der Waals surface area contributed by atoms with E-state index in [2.05, 4.69) is 85.4 Å². The van der Waals surface area contributed by atoms with E-state index in [-0.39, 0.29) is 10.8 Å². The highest BCUT2D eigenvalue weighted by molar-refractivity contribution is 8.04. The van der Waals surface area contributed by atoms with Crippen LogP contribution < -0.4 is 10.6 Å². The van der Waals surface area contributed by atoms with E-state index in [1.54, 1.807) is 0 Å². The van der Waals surface area contributed by atoms with E-state index in [1.165, 1.54) is 0 Å². The SMILES string of the molecule is CC(C)(C)c1cccc(P(c2cccc(C(C)(C)C)c2O)[Si](C)(C)C)c1O. The summed E-state index contributed by atoms with van der Waals surface area (Å²) in [5.41, 5.74) is 1.68. The molecule has 27 heavy (non-hydrogen) atoms. The maximum atomic E-state index is 11.2. The molecule has 2 rings (SSSR count). The Morgan fingerprint density at radius 3 is 1.26 bits per heavy atom. The summed E-state index contributed by atoms with van der Waals surface area (Å²) < 4.78 is 0. The first kappa shape index (κ1) is 22.0. The maximum absolute atomic E-state index is 11.2. The minimum Gasteiger partial charge on any atom is -0.507 e. The van der Waals surface area contributed by atoms with Gasteiger partial charge >= 0.3 is 0 Å². The van der Waals surface area contributed by atoms with Gasteiger partial charge in [0.05, 0.1) is 7.74 Å².